The lowest BCUT2D eigenvalue weighted by Crippen LogP contribution is -1.92. The zero-order valence-corrected chi connectivity index (χ0v) is 12.1. The number of nitrogens with one attached hydrogen (secondary N) is 1. The Kier molecular flexibility index (Phi) is 3.96. The molecule has 0 aliphatic rings. The first-order valence-corrected chi connectivity index (χ1v) is 7.00. The lowest BCUT2D eigenvalue weighted by molar-refractivity contribution is 0.338. The van der Waals surface area contributed by atoms with E-state index in [1.54, 1.807) is 24.4 Å². The number of aromatic amines is 1. The molecule has 22 heavy (non-hydrogen) atoms. The van der Waals surface area contributed by atoms with E-state index < -0.39 is 0 Å². The van der Waals surface area contributed by atoms with Gasteiger partial charge in [-0.05, 0) is 31.2 Å². The van der Waals surface area contributed by atoms with Gasteiger partial charge in [0.2, 0.25) is 0 Å². The average Bonchev–Trinajstić information content (AvgIpc) is 2.97. The van der Waals surface area contributed by atoms with E-state index in [-0.39, 0.29) is 5.75 Å². The highest BCUT2D eigenvalue weighted by atomic mass is 16.5. The number of aromatic nitrogens is 2. The van der Waals surface area contributed by atoms with Crippen LogP contribution in [0, 0.1) is 0 Å². The van der Waals surface area contributed by atoms with E-state index in [1.807, 2.05) is 37.3 Å². The van der Waals surface area contributed by atoms with Gasteiger partial charge in [-0.3, -0.25) is 5.10 Å². The van der Waals surface area contributed by atoms with E-state index in [1.165, 1.54) is 0 Å². The second kappa shape index (κ2) is 6.22. The number of phenols is 1. The Labute approximate surface area is 128 Å². The van der Waals surface area contributed by atoms with Crippen molar-refractivity contribution in [2.45, 2.75) is 6.92 Å². The van der Waals surface area contributed by atoms with Crippen LogP contribution < -0.4 is 9.47 Å². The van der Waals surface area contributed by atoms with Crippen molar-refractivity contribution in [3.8, 4) is 34.3 Å². The van der Waals surface area contributed by atoms with Crippen LogP contribution in [-0.2, 0) is 0 Å². The number of aromatic hydroxyl groups is 1. The van der Waals surface area contributed by atoms with Crippen molar-refractivity contribution in [3.05, 3.63) is 54.7 Å². The molecule has 0 spiro atoms. The molecule has 2 N–H and O–H groups in total. The van der Waals surface area contributed by atoms with Crippen molar-refractivity contribution in [3.63, 3.8) is 0 Å². The van der Waals surface area contributed by atoms with Gasteiger partial charge in [-0.15, -0.1) is 0 Å². The van der Waals surface area contributed by atoms with Crippen LogP contribution in [0.1, 0.15) is 6.92 Å². The molecule has 0 aliphatic carbocycles. The summed E-state index contributed by atoms with van der Waals surface area (Å²) in [6.07, 6.45) is 1.58. The van der Waals surface area contributed by atoms with Gasteiger partial charge in [0, 0.05) is 11.6 Å². The third kappa shape index (κ3) is 2.88. The molecule has 3 aromatic rings. The van der Waals surface area contributed by atoms with Crippen LogP contribution in [0.3, 0.4) is 0 Å². The smallest absolute Gasteiger partial charge is 0.173 e. The summed E-state index contributed by atoms with van der Waals surface area (Å²) in [5.74, 6) is 1.98. The predicted molar refractivity (Wildman–Crippen MR) is 83.4 cm³/mol. The van der Waals surface area contributed by atoms with Crippen molar-refractivity contribution in [1.82, 2.24) is 10.2 Å². The summed E-state index contributed by atoms with van der Waals surface area (Å²) in [6, 6.07) is 14.6. The van der Waals surface area contributed by atoms with E-state index in [0.29, 0.717) is 35.1 Å². The fraction of sp³-hybridized carbons (Fsp3) is 0.118. The Hall–Kier alpha value is -2.95. The molecule has 0 saturated carbocycles. The monoisotopic (exact) mass is 296 g/mol. The molecule has 0 unspecified atom stereocenters. The maximum Gasteiger partial charge on any atom is 0.173 e. The standard InChI is InChI=1S/C17H16N2O3/c1-2-21-13-8-9-14(15(20)10-13)17-16(11-18-19-17)22-12-6-4-3-5-7-12/h3-11,20H,2H2,1H3,(H,18,19). The van der Waals surface area contributed by atoms with Crippen LogP contribution in [0.15, 0.2) is 54.7 Å². The zero-order valence-electron chi connectivity index (χ0n) is 12.1. The van der Waals surface area contributed by atoms with Crippen LogP contribution in [0.25, 0.3) is 11.3 Å². The first-order valence-electron chi connectivity index (χ1n) is 7.00. The van der Waals surface area contributed by atoms with Gasteiger partial charge in [0.05, 0.1) is 12.8 Å². The third-order valence-electron chi connectivity index (χ3n) is 3.13. The molecule has 0 atom stereocenters. The van der Waals surface area contributed by atoms with Crippen molar-refractivity contribution >= 4 is 0 Å². The lowest BCUT2D eigenvalue weighted by atomic mass is 10.1. The molecule has 1 aromatic heterocycles. The largest absolute Gasteiger partial charge is 0.507 e. The Bertz CT molecular complexity index is 754. The van der Waals surface area contributed by atoms with E-state index in [9.17, 15) is 5.11 Å². The Morgan fingerprint density at radius 3 is 2.64 bits per heavy atom. The molecule has 0 amide bonds. The van der Waals surface area contributed by atoms with E-state index in [2.05, 4.69) is 10.2 Å². The molecule has 0 fully saturated rings. The maximum absolute atomic E-state index is 10.2. The minimum atomic E-state index is 0.105. The maximum atomic E-state index is 10.2. The molecular formula is C17H16N2O3. The van der Waals surface area contributed by atoms with Crippen molar-refractivity contribution in [2.24, 2.45) is 0 Å². The highest BCUT2D eigenvalue weighted by Gasteiger charge is 2.14. The molecule has 0 saturated heterocycles. The molecule has 1 heterocycles. The second-order valence-corrected chi connectivity index (χ2v) is 4.64. The van der Waals surface area contributed by atoms with Crippen LogP contribution in [0.5, 0.6) is 23.0 Å². The summed E-state index contributed by atoms with van der Waals surface area (Å²) >= 11 is 0. The molecule has 3 rings (SSSR count). The van der Waals surface area contributed by atoms with Gasteiger partial charge in [-0.25, -0.2) is 0 Å². The quantitative estimate of drug-likeness (QED) is 0.747. The molecular weight excluding hydrogens is 280 g/mol. The topological polar surface area (TPSA) is 67.4 Å². The van der Waals surface area contributed by atoms with Gasteiger partial charge in [0.25, 0.3) is 0 Å². The van der Waals surface area contributed by atoms with Gasteiger partial charge in [-0.2, -0.15) is 5.10 Å². The van der Waals surface area contributed by atoms with Crippen LogP contribution in [0.4, 0.5) is 0 Å². The lowest BCUT2D eigenvalue weighted by Gasteiger charge is -2.09. The molecule has 5 heteroatoms. The molecule has 0 aliphatic heterocycles. The summed E-state index contributed by atoms with van der Waals surface area (Å²) in [6.45, 7) is 2.44. The summed E-state index contributed by atoms with van der Waals surface area (Å²) in [7, 11) is 0. The fourth-order valence-electron chi connectivity index (χ4n) is 2.14. The number of hydrogen-bond donors (Lipinski definition) is 2. The van der Waals surface area contributed by atoms with Crippen molar-refractivity contribution < 1.29 is 14.6 Å². The number of rotatable bonds is 5. The third-order valence-corrected chi connectivity index (χ3v) is 3.13. The highest BCUT2D eigenvalue weighted by molar-refractivity contribution is 5.73. The molecule has 0 radical (unpaired) electrons. The number of ether oxygens (including phenoxy) is 2. The van der Waals surface area contributed by atoms with Crippen LogP contribution in [0.2, 0.25) is 0 Å². The summed E-state index contributed by atoms with van der Waals surface area (Å²) in [5, 5.41) is 17.1. The number of phenolic OH excluding ortho intramolecular Hbond substituents is 1. The fourth-order valence-corrected chi connectivity index (χ4v) is 2.14. The van der Waals surface area contributed by atoms with Gasteiger partial charge in [-0.1, -0.05) is 18.2 Å². The number of hydrogen-bond acceptors (Lipinski definition) is 4. The Morgan fingerprint density at radius 1 is 1.09 bits per heavy atom. The summed E-state index contributed by atoms with van der Waals surface area (Å²) in [5.41, 5.74) is 1.22. The van der Waals surface area contributed by atoms with Gasteiger partial charge < -0.3 is 14.6 Å². The van der Waals surface area contributed by atoms with Gasteiger partial charge in [0.1, 0.15) is 22.9 Å². The SMILES string of the molecule is CCOc1ccc(-c2[nH]ncc2Oc2ccccc2)c(O)c1. The van der Waals surface area contributed by atoms with Crippen molar-refractivity contribution in [1.29, 1.82) is 0 Å². The van der Waals surface area contributed by atoms with Crippen LogP contribution >= 0.6 is 0 Å². The van der Waals surface area contributed by atoms with Gasteiger partial charge >= 0.3 is 0 Å². The minimum Gasteiger partial charge on any atom is -0.507 e. The summed E-state index contributed by atoms with van der Waals surface area (Å²) in [4.78, 5) is 0. The number of nitrogens with zero attached hydrogens (tertiary/aromatic N) is 1. The van der Waals surface area contributed by atoms with E-state index >= 15 is 0 Å². The highest BCUT2D eigenvalue weighted by Crippen LogP contribution is 2.37. The number of para-hydroxylation sites is 1. The first-order chi connectivity index (χ1) is 10.8. The molecule has 5 nitrogen and oxygen atoms in total. The Balaban J connectivity index is 1.91. The number of benzene rings is 2. The Morgan fingerprint density at radius 2 is 1.91 bits per heavy atom. The van der Waals surface area contributed by atoms with Crippen molar-refractivity contribution in [2.75, 3.05) is 6.61 Å². The predicted octanol–water partition coefficient (Wildman–Crippen LogP) is 3.97. The average molecular weight is 296 g/mol. The molecule has 112 valence electrons. The second-order valence-electron chi connectivity index (χ2n) is 4.64. The minimum absolute atomic E-state index is 0.105. The van der Waals surface area contributed by atoms with E-state index in [0.717, 1.165) is 0 Å². The van der Waals surface area contributed by atoms with Crippen LogP contribution in [-0.4, -0.2) is 21.9 Å². The molecule has 2 aromatic carbocycles. The summed E-state index contributed by atoms with van der Waals surface area (Å²) < 4.78 is 11.2. The van der Waals surface area contributed by atoms with E-state index in [4.69, 9.17) is 9.47 Å². The van der Waals surface area contributed by atoms with Gasteiger partial charge in [0.15, 0.2) is 5.75 Å². The first kappa shape index (κ1) is 14.0. The number of H-pyrrole nitrogens is 1. The molecule has 0 bridgehead atoms. The zero-order chi connectivity index (χ0) is 15.4. The normalized spacial score (nSPS) is 10.4.